The largest absolute Gasteiger partial charge is 0.240 e. The Balaban J connectivity index is 2.20. The Bertz CT molecular complexity index is 563. The molecular weight excluding hydrogens is 316 g/mol. The maximum Gasteiger partial charge on any atom is 0.0948 e. The van der Waals surface area contributed by atoms with Gasteiger partial charge in [0.05, 0.1) is 30.8 Å². The van der Waals surface area contributed by atoms with Gasteiger partial charge in [0.25, 0.3) is 0 Å². The van der Waals surface area contributed by atoms with Gasteiger partial charge in [0, 0.05) is 11.8 Å². The van der Waals surface area contributed by atoms with Crippen molar-refractivity contribution in [2.75, 3.05) is 0 Å². The number of halogens is 1. The van der Waals surface area contributed by atoms with Gasteiger partial charge >= 0.3 is 0 Å². The van der Waals surface area contributed by atoms with Gasteiger partial charge in [0.15, 0.2) is 0 Å². The summed E-state index contributed by atoms with van der Waals surface area (Å²) in [6, 6.07) is 6.39. The monoisotopic (exact) mass is 326 g/mol. The summed E-state index contributed by atoms with van der Waals surface area (Å²) in [4.78, 5) is 5.75. The Morgan fingerprint density at radius 2 is 2.24 bits per heavy atom. The maximum atomic E-state index is 9.01. The molecule has 0 bridgehead atoms. The van der Waals surface area contributed by atoms with Crippen molar-refractivity contribution in [2.24, 2.45) is 5.41 Å². The number of rotatable bonds is 3. The number of thiophene rings is 1. The second-order valence-electron chi connectivity index (χ2n) is 4.40. The summed E-state index contributed by atoms with van der Waals surface area (Å²) in [5, 5.41) is 12.1. The predicted molar refractivity (Wildman–Crippen MR) is 76.2 cm³/mol. The summed E-state index contributed by atoms with van der Waals surface area (Å²) in [6.45, 7) is 3.88. The van der Waals surface area contributed by atoms with Crippen molar-refractivity contribution in [3.63, 3.8) is 0 Å². The lowest BCUT2D eigenvalue weighted by molar-refractivity contribution is 0.492. The highest BCUT2D eigenvalue weighted by Gasteiger charge is 2.19. The van der Waals surface area contributed by atoms with Gasteiger partial charge in [-0.2, -0.15) is 5.26 Å². The number of hydrogen-bond acceptors (Lipinski definition) is 4. The third-order valence-corrected chi connectivity index (χ3v) is 4.77. The van der Waals surface area contributed by atoms with E-state index < -0.39 is 0 Å². The Hall–Kier alpha value is -0.700. The van der Waals surface area contributed by atoms with Crippen molar-refractivity contribution >= 4 is 38.6 Å². The molecule has 0 aliphatic heterocycles. The molecule has 0 aromatic carbocycles. The molecule has 2 rings (SSSR count). The summed E-state index contributed by atoms with van der Waals surface area (Å²) in [7, 11) is 0. The number of aromatic nitrogens is 1. The molecule has 0 aliphatic carbocycles. The van der Waals surface area contributed by atoms with E-state index in [0.717, 1.165) is 19.4 Å². The van der Waals surface area contributed by atoms with Crippen molar-refractivity contribution in [1.29, 1.82) is 5.26 Å². The predicted octanol–water partition coefficient (Wildman–Crippen LogP) is 4.73. The van der Waals surface area contributed by atoms with Crippen LogP contribution in [0.3, 0.4) is 0 Å². The Kier molecular flexibility index (Phi) is 3.67. The Morgan fingerprint density at radius 1 is 1.47 bits per heavy atom. The van der Waals surface area contributed by atoms with Gasteiger partial charge in [-0.15, -0.1) is 22.7 Å². The lowest BCUT2D eigenvalue weighted by Gasteiger charge is -2.11. The molecule has 0 aliphatic rings. The zero-order valence-electron chi connectivity index (χ0n) is 9.53. The molecule has 0 atom stereocenters. The van der Waals surface area contributed by atoms with Crippen LogP contribution in [0.2, 0.25) is 0 Å². The van der Waals surface area contributed by atoms with Crippen molar-refractivity contribution in [2.45, 2.75) is 20.3 Å². The lowest BCUT2D eigenvalue weighted by Crippen LogP contribution is -2.11. The number of hydrogen-bond donors (Lipinski definition) is 0. The average molecular weight is 327 g/mol. The summed E-state index contributed by atoms with van der Waals surface area (Å²) < 4.78 is 1.11. The zero-order chi connectivity index (χ0) is 12.5. The summed E-state index contributed by atoms with van der Waals surface area (Å²) in [6.07, 6.45) is 0.709. The molecule has 0 saturated carbocycles. The molecule has 5 heteroatoms. The van der Waals surface area contributed by atoms with Gasteiger partial charge in [0.2, 0.25) is 0 Å². The number of thiazole rings is 1. The van der Waals surface area contributed by atoms with Gasteiger partial charge in [-0.25, -0.2) is 4.98 Å². The van der Waals surface area contributed by atoms with Gasteiger partial charge in [0.1, 0.15) is 0 Å². The molecule has 0 fully saturated rings. The van der Waals surface area contributed by atoms with E-state index in [1.807, 2.05) is 19.9 Å². The van der Waals surface area contributed by atoms with Crippen LogP contribution in [0.15, 0.2) is 21.3 Å². The normalized spacial score (nSPS) is 11.4. The van der Waals surface area contributed by atoms with Crippen LogP contribution in [-0.4, -0.2) is 4.98 Å². The fourth-order valence-electron chi connectivity index (χ4n) is 1.37. The molecule has 0 amide bonds. The van der Waals surface area contributed by atoms with E-state index >= 15 is 0 Å². The van der Waals surface area contributed by atoms with E-state index in [-0.39, 0.29) is 5.41 Å². The first-order chi connectivity index (χ1) is 8.00. The van der Waals surface area contributed by atoms with Crippen LogP contribution in [-0.2, 0) is 6.42 Å². The molecule has 2 aromatic rings. The van der Waals surface area contributed by atoms with E-state index in [0.29, 0.717) is 6.42 Å². The molecule has 2 nitrogen and oxygen atoms in total. The highest BCUT2D eigenvalue weighted by molar-refractivity contribution is 9.11. The highest BCUT2D eigenvalue weighted by Crippen LogP contribution is 2.33. The van der Waals surface area contributed by atoms with Crippen LogP contribution in [0, 0.1) is 16.7 Å². The molecule has 0 N–H and O–H groups in total. The van der Waals surface area contributed by atoms with Crippen molar-refractivity contribution in [3.8, 4) is 16.6 Å². The first-order valence-corrected chi connectivity index (χ1v) is 7.60. The zero-order valence-corrected chi connectivity index (χ0v) is 12.7. The van der Waals surface area contributed by atoms with Crippen molar-refractivity contribution < 1.29 is 0 Å². The Morgan fingerprint density at radius 3 is 2.82 bits per heavy atom. The van der Waals surface area contributed by atoms with Gasteiger partial charge in [-0.3, -0.25) is 0 Å². The third-order valence-electron chi connectivity index (χ3n) is 2.27. The van der Waals surface area contributed by atoms with E-state index in [1.54, 1.807) is 22.7 Å². The molecule has 0 radical (unpaired) electrons. The van der Waals surface area contributed by atoms with Crippen LogP contribution in [0.25, 0.3) is 10.6 Å². The van der Waals surface area contributed by atoms with Gasteiger partial charge in [-0.05, 0) is 41.9 Å². The fraction of sp³-hybridized carbons (Fsp3) is 0.333. The van der Waals surface area contributed by atoms with E-state index in [9.17, 15) is 0 Å². The molecular formula is C12H11BrN2S2. The van der Waals surface area contributed by atoms with Crippen molar-refractivity contribution in [1.82, 2.24) is 4.98 Å². The quantitative estimate of drug-likeness (QED) is 0.817. The van der Waals surface area contributed by atoms with E-state index in [1.165, 1.54) is 0 Å². The third kappa shape index (κ3) is 3.15. The SMILES string of the molecule is CC(C)(C#N)Cc1nc(-c2ccc(Br)s2)cs1. The molecule has 0 unspecified atom stereocenters. The fourth-order valence-corrected chi connectivity index (χ4v) is 3.82. The van der Waals surface area contributed by atoms with Gasteiger partial charge in [-0.1, -0.05) is 0 Å². The topological polar surface area (TPSA) is 36.7 Å². The standard InChI is InChI=1S/C12H11BrN2S2/c1-12(2,7-14)5-11-15-8(6-16-11)9-3-4-10(13)17-9/h3-4,6H,5H2,1-2H3. The van der Waals surface area contributed by atoms with Crippen LogP contribution in [0.4, 0.5) is 0 Å². The molecule has 0 spiro atoms. The molecule has 2 aromatic heterocycles. The molecule has 88 valence electrons. The van der Waals surface area contributed by atoms with Crippen LogP contribution in [0.5, 0.6) is 0 Å². The first-order valence-electron chi connectivity index (χ1n) is 5.11. The number of nitrogens with zero attached hydrogens (tertiary/aromatic N) is 2. The van der Waals surface area contributed by atoms with Crippen LogP contribution >= 0.6 is 38.6 Å². The molecule has 0 saturated heterocycles. The highest BCUT2D eigenvalue weighted by atomic mass is 79.9. The molecule has 2 heterocycles. The Labute approximate surface area is 117 Å². The summed E-state index contributed by atoms with van der Waals surface area (Å²) in [5.74, 6) is 0. The van der Waals surface area contributed by atoms with Gasteiger partial charge < -0.3 is 0 Å². The smallest absolute Gasteiger partial charge is 0.0948 e. The first kappa shape index (κ1) is 12.7. The van der Waals surface area contributed by atoms with E-state index in [2.05, 4.69) is 38.4 Å². The lowest BCUT2D eigenvalue weighted by atomic mass is 9.92. The maximum absolute atomic E-state index is 9.01. The van der Waals surface area contributed by atoms with Crippen molar-refractivity contribution in [3.05, 3.63) is 26.3 Å². The minimum Gasteiger partial charge on any atom is -0.240 e. The van der Waals surface area contributed by atoms with Crippen LogP contribution < -0.4 is 0 Å². The second kappa shape index (κ2) is 4.89. The molecule has 17 heavy (non-hydrogen) atoms. The van der Waals surface area contributed by atoms with E-state index in [4.69, 9.17) is 5.26 Å². The average Bonchev–Trinajstić information content (AvgIpc) is 2.86. The summed E-state index contributed by atoms with van der Waals surface area (Å²) in [5.41, 5.74) is 0.667. The minimum atomic E-state index is -0.342. The second-order valence-corrected chi connectivity index (χ2v) is 7.81. The van der Waals surface area contributed by atoms with Crippen LogP contribution in [0.1, 0.15) is 18.9 Å². The number of nitriles is 1. The minimum absolute atomic E-state index is 0.342. The summed E-state index contributed by atoms with van der Waals surface area (Å²) >= 11 is 6.75.